The Morgan fingerprint density at radius 3 is 2.50 bits per heavy atom. The molecule has 2 nitrogen and oxygen atoms in total. The van der Waals surface area contributed by atoms with Crippen molar-refractivity contribution in [2.24, 2.45) is 0 Å². The van der Waals surface area contributed by atoms with E-state index in [1.54, 1.807) is 0 Å². The number of aryl methyl sites for hydroxylation is 3. The first kappa shape index (κ1) is 9.00. The van der Waals surface area contributed by atoms with Crippen molar-refractivity contribution in [3.63, 3.8) is 0 Å². The standard InChI is InChI=1S/C12H12O2/c1-7-4-5-10-8(2)6-11(13)14-12(10)9(7)3/h4-6H,1-3H3. The van der Waals surface area contributed by atoms with E-state index in [1.165, 1.54) is 6.07 Å². The van der Waals surface area contributed by atoms with Gasteiger partial charge in [-0.15, -0.1) is 0 Å². The quantitative estimate of drug-likeness (QED) is 0.595. The second kappa shape index (κ2) is 2.98. The van der Waals surface area contributed by atoms with Crippen LogP contribution in [-0.4, -0.2) is 0 Å². The molecule has 14 heavy (non-hydrogen) atoms. The molecule has 0 radical (unpaired) electrons. The third-order valence-corrected chi connectivity index (χ3v) is 2.64. The van der Waals surface area contributed by atoms with Gasteiger partial charge >= 0.3 is 5.63 Å². The van der Waals surface area contributed by atoms with Crippen molar-refractivity contribution in [1.82, 2.24) is 0 Å². The molecule has 0 fully saturated rings. The van der Waals surface area contributed by atoms with Crippen LogP contribution in [0, 0.1) is 20.8 Å². The Balaban J connectivity index is 3.02. The van der Waals surface area contributed by atoms with E-state index < -0.39 is 0 Å². The van der Waals surface area contributed by atoms with Gasteiger partial charge in [-0.05, 0) is 37.5 Å². The van der Waals surface area contributed by atoms with E-state index in [1.807, 2.05) is 32.9 Å². The smallest absolute Gasteiger partial charge is 0.336 e. The molecule has 1 aromatic carbocycles. The molecule has 0 N–H and O–H groups in total. The van der Waals surface area contributed by atoms with E-state index in [-0.39, 0.29) is 5.63 Å². The average molecular weight is 188 g/mol. The second-order valence-corrected chi connectivity index (χ2v) is 3.63. The molecule has 72 valence electrons. The fraction of sp³-hybridized carbons (Fsp3) is 0.250. The maximum absolute atomic E-state index is 11.2. The zero-order valence-electron chi connectivity index (χ0n) is 8.55. The monoisotopic (exact) mass is 188 g/mol. The summed E-state index contributed by atoms with van der Waals surface area (Å²) in [5.41, 5.74) is 3.60. The minimum Gasteiger partial charge on any atom is -0.422 e. The van der Waals surface area contributed by atoms with Crippen molar-refractivity contribution in [2.75, 3.05) is 0 Å². The summed E-state index contributed by atoms with van der Waals surface area (Å²) in [6, 6.07) is 5.57. The predicted molar refractivity (Wildman–Crippen MR) is 56.7 cm³/mol. The lowest BCUT2D eigenvalue weighted by Crippen LogP contribution is -1.99. The molecule has 0 aliphatic rings. The highest BCUT2D eigenvalue weighted by atomic mass is 16.4. The third-order valence-electron chi connectivity index (χ3n) is 2.64. The lowest BCUT2D eigenvalue weighted by molar-refractivity contribution is 0.557. The van der Waals surface area contributed by atoms with Gasteiger partial charge in [-0.1, -0.05) is 12.1 Å². The Kier molecular flexibility index (Phi) is 1.92. The SMILES string of the molecule is Cc1ccc2c(C)cc(=O)oc2c1C. The Morgan fingerprint density at radius 2 is 1.79 bits per heavy atom. The summed E-state index contributed by atoms with van der Waals surface area (Å²) in [5, 5.41) is 1.02. The first-order chi connectivity index (χ1) is 6.59. The molecular formula is C12H12O2. The first-order valence-corrected chi connectivity index (χ1v) is 4.60. The van der Waals surface area contributed by atoms with Crippen LogP contribution in [0.25, 0.3) is 11.0 Å². The molecule has 0 spiro atoms. The van der Waals surface area contributed by atoms with Crippen LogP contribution in [0.2, 0.25) is 0 Å². The van der Waals surface area contributed by atoms with Crippen LogP contribution in [-0.2, 0) is 0 Å². The molecule has 0 saturated heterocycles. The Hall–Kier alpha value is -1.57. The van der Waals surface area contributed by atoms with Crippen LogP contribution in [0.3, 0.4) is 0 Å². The fourth-order valence-electron chi connectivity index (χ4n) is 1.62. The van der Waals surface area contributed by atoms with Crippen LogP contribution in [0.5, 0.6) is 0 Å². The molecule has 1 aromatic heterocycles. The highest BCUT2D eigenvalue weighted by Crippen LogP contribution is 2.22. The number of fused-ring (bicyclic) bond motifs is 1. The van der Waals surface area contributed by atoms with Crippen LogP contribution >= 0.6 is 0 Å². The highest BCUT2D eigenvalue weighted by Gasteiger charge is 2.05. The maximum Gasteiger partial charge on any atom is 0.336 e. The summed E-state index contributed by atoms with van der Waals surface area (Å²) in [7, 11) is 0. The van der Waals surface area contributed by atoms with E-state index in [0.717, 1.165) is 27.7 Å². The predicted octanol–water partition coefficient (Wildman–Crippen LogP) is 2.72. The van der Waals surface area contributed by atoms with E-state index in [4.69, 9.17) is 4.42 Å². The molecule has 0 amide bonds. The van der Waals surface area contributed by atoms with Crippen molar-refractivity contribution < 1.29 is 4.42 Å². The normalized spacial score (nSPS) is 10.8. The van der Waals surface area contributed by atoms with Gasteiger partial charge in [0.1, 0.15) is 5.58 Å². The molecule has 0 saturated carbocycles. The molecule has 0 unspecified atom stereocenters. The largest absolute Gasteiger partial charge is 0.422 e. The highest BCUT2D eigenvalue weighted by molar-refractivity contribution is 5.83. The summed E-state index contributed by atoms with van der Waals surface area (Å²) in [6.45, 7) is 5.91. The summed E-state index contributed by atoms with van der Waals surface area (Å²) in [5.74, 6) is 0. The van der Waals surface area contributed by atoms with E-state index in [2.05, 4.69) is 0 Å². The summed E-state index contributed by atoms with van der Waals surface area (Å²) in [4.78, 5) is 11.2. The van der Waals surface area contributed by atoms with Crippen LogP contribution in [0.15, 0.2) is 27.4 Å². The molecule has 2 aromatic rings. The van der Waals surface area contributed by atoms with Gasteiger partial charge in [0.25, 0.3) is 0 Å². The van der Waals surface area contributed by atoms with Crippen LogP contribution < -0.4 is 5.63 Å². The average Bonchev–Trinajstić information content (AvgIpc) is 2.12. The van der Waals surface area contributed by atoms with Gasteiger partial charge < -0.3 is 4.42 Å². The molecule has 2 rings (SSSR count). The Morgan fingerprint density at radius 1 is 1.07 bits per heavy atom. The lowest BCUT2D eigenvalue weighted by Gasteiger charge is -2.05. The van der Waals surface area contributed by atoms with Crippen molar-refractivity contribution in [1.29, 1.82) is 0 Å². The molecule has 2 heteroatoms. The van der Waals surface area contributed by atoms with Gasteiger partial charge in [0.05, 0.1) is 0 Å². The topological polar surface area (TPSA) is 30.2 Å². The van der Waals surface area contributed by atoms with Crippen molar-refractivity contribution >= 4 is 11.0 Å². The van der Waals surface area contributed by atoms with E-state index in [9.17, 15) is 4.79 Å². The van der Waals surface area contributed by atoms with Gasteiger partial charge in [-0.2, -0.15) is 0 Å². The third kappa shape index (κ3) is 1.23. The van der Waals surface area contributed by atoms with Crippen molar-refractivity contribution in [3.05, 3.63) is 45.3 Å². The zero-order valence-corrected chi connectivity index (χ0v) is 8.55. The Bertz CT molecular complexity index is 550. The van der Waals surface area contributed by atoms with Gasteiger partial charge in [0.2, 0.25) is 0 Å². The van der Waals surface area contributed by atoms with Gasteiger partial charge in [0, 0.05) is 11.5 Å². The van der Waals surface area contributed by atoms with Crippen molar-refractivity contribution in [2.45, 2.75) is 20.8 Å². The van der Waals surface area contributed by atoms with Gasteiger partial charge in [-0.25, -0.2) is 4.79 Å². The number of benzene rings is 1. The molecule has 0 bridgehead atoms. The van der Waals surface area contributed by atoms with Gasteiger partial charge in [0.15, 0.2) is 0 Å². The fourth-order valence-corrected chi connectivity index (χ4v) is 1.62. The molecular weight excluding hydrogens is 176 g/mol. The Labute approximate surface area is 82.2 Å². The van der Waals surface area contributed by atoms with Crippen molar-refractivity contribution in [3.8, 4) is 0 Å². The summed E-state index contributed by atoms with van der Waals surface area (Å²) in [6.07, 6.45) is 0. The molecule has 0 aliphatic carbocycles. The minimum atomic E-state index is -0.274. The van der Waals surface area contributed by atoms with Gasteiger partial charge in [-0.3, -0.25) is 0 Å². The maximum atomic E-state index is 11.2. The van der Waals surface area contributed by atoms with E-state index in [0.29, 0.717) is 0 Å². The molecule has 0 aliphatic heterocycles. The number of hydrogen-bond donors (Lipinski definition) is 0. The van der Waals surface area contributed by atoms with E-state index >= 15 is 0 Å². The number of rotatable bonds is 0. The zero-order chi connectivity index (χ0) is 10.3. The number of hydrogen-bond acceptors (Lipinski definition) is 2. The van der Waals surface area contributed by atoms with Crippen LogP contribution in [0.1, 0.15) is 16.7 Å². The lowest BCUT2D eigenvalue weighted by atomic mass is 10.0. The second-order valence-electron chi connectivity index (χ2n) is 3.63. The van der Waals surface area contributed by atoms with Crippen LogP contribution in [0.4, 0.5) is 0 Å². The first-order valence-electron chi connectivity index (χ1n) is 4.60. The molecule has 0 atom stereocenters. The summed E-state index contributed by atoms with van der Waals surface area (Å²) >= 11 is 0. The summed E-state index contributed by atoms with van der Waals surface area (Å²) < 4.78 is 5.20. The minimum absolute atomic E-state index is 0.274. The molecule has 1 heterocycles.